The number of carbonyl (C=O) groups excluding carboxylic acids is 2. The van der Waals surface area contributed by atoms with Gasteiger partial charge in [-0.25, -0.2) is 9.59 Å². The Morgan fingerprint density at radius 1 is 1.04 bits per heavy atom. The molecule has 1 N–H and O–H groups in total. The van der Waals surface area contributed by atoms with E-state index in [4.69, 9.17) is 9.15 Å². The van der Waals surface area contributed by atoms with Crippen LogP contribution in [0.25, 0.3) is 21.9 Å². The van der Waals surface area contributed by atoms with Crippen LogP contribution in [0.2, 0.25) is 0 Å². The minimum absolute atomic E-state index is 0.243. The van der Waals surface area contributed by atoms with E-state index in [1.165, 1.54) is 13.0 Å². The largest absolute Gasteiger partial charge is 0.450 e. The average molecular weight is 361 g/mol. The molecule has 4 rings (SSSR count). The molecular formula is C21H15NO5. The molecule has 4 aromatic rings. The summed E-state index contributed by atoms with van der Waals surface area (Å²) < 4.78 is 10.4. The summed E-state index contributed by atoms with van der Waals surface area (Å²) in [5.74, 6) is -1.25. The van der Waals surface area contributed by atoms with Crippen molar-refractivity contribution in [2.24, 2.45) is 0 Å². The number of fused-ring (bicyclic) bond motifs is 2. The number of aromatic amines is 1. The van der Waals surface area contributed by atoms with Gasteiger partial charge in [0.05, 0.1) is 0 Å². The molecule has 0 aliphatic rings. The minimum Gasteiger partial charge on any atom is -0.450 e. The number of esters is 1. The zero-order valence-electron chi connectivity index (χ0n) is 14.4. The lowest BCUT2D eigenvalue weighted by atomic mass is 10.1. The van der Waals surface area contributed by atoms with Crippen LogP contribution in [0.4, 0.5) is 0 Å². The van der Waals surface area contributed by atoms with Crippen molar-refractivity contribution in [1.82, 2.24) is 4.98 Å². The number of carbonyl (C=O) groups is 2. The topological polar surface area (TPSA) is 89.4 Å². The number of ether oxygens (including phenoxy) is 1. The molecule has 0 radical (unpaired) electrons. The van der Waals surface area contributed by atoms with Gasteiger partial charge in [0.15, 0.2) is 6.10 Å². The fraction of sp³-hybridized carbons (Fsp3) is 0.0952. The Bertz CT molecular complexity index is 1230. The average Bonchev–Trinajstić information content (AvgIpc) is 3.10. The van der Waals surface area contributed by atoms with Gasteiger partial charge in [0.1, 0.15) is 11.1 Å². The minimum atomic E-state index is -1.05. The molecule has 0 saturated heterocycles. The summed E-state index contributed by atoms with van der Waals surface area (Å²) in [6.07, 6.45) is 0.532. The molecule has 1 atom stereocenters. The highest BCUT2D eigenvalue weighted by molar-refractivity contribution is 6.10. The van der Waals surface area contributed by atoms with E-state index in [1.54, 1.807) is 30.5 Å². The van der Waals surface area contributed by atoms with Gasteiger partial charge in [-0.15, -0.1) is 0 Å². The number of hydrogen-bond donors (Lipinski definition) is 1. The molecule has 2 aromatic heterocycles. The maximum atomic E-state index is 12.7. The summed E-state index contributed by atoms with van der Waals surface area (Å²) in [6, 6.07) is 15.6. The van der Waals surface area contributed by atoms with Gasteiger partial charge in [-0.05, 0) is 25.1 Å². The molecule has 2 heterocycles. The number of ketones is 1. The fourth-order valence-corrected chi connectivity index (χ4v) is 2.98. The molecule has 6 heteroatoms. The summed E-state index contributed by atoms with van der Waals surface area (Å²) in [6.45, 7) is 1.48. The van der Waals surface area contributed by atoms with E-state index in [2.05, 4.69) is 4.98 Å². The Balaban J connectivity index is 1.60. The van der Waals surface area contributed by atoms with E-state index in [0.717, 1.165) is 10.9 Å². The highest BCUT2D eigenvalue weighted by Gasteiger charge is 2.24. The molecule has 2 aromatic carbocycles. The van der Waals surface area contributed by atoms with Crippen LogP contribution in [0.1, 0.15) is 27.6 Å². The van der Waals surface area contributed by atoms with Crippen molar-refractivity contribution in [1.29, 1.82) is 0 Å². The predicted molar refractivity (Wildman–Crippen MR) is 100.0 cm³/mol. The van der Waals surface area contributed by atoms with Gasteiger partial charge in [0, 0.05) is 28.0 Å². The molecule has 134 valence electrons. The van der Waals surface area contributed by atoms with Crippen molar-refractivity contribution < 1.29 is 18.7 Å². The van der Waals surface area contributed by atoms with Crippen molar-refractivity contribution >= 4 is 33.6 Å². The van der Waals surface area contributed by atoms with Crippen molar-refractivity contribution in [3.05, 3.63) is 82.3 Å². The Kier molecular flexibility index (Phi) is 4.08. The van der Waals surface area contributed by atoms with Crippen LogP contribution in [0.5, 0.6) is 0 Å². The smallest absolute Gasteiger partial charge is 0.351 e. The maximum Gasteiger partial charge on any atom is 0.351 e. The van der Waals surface area contributed by atoms with E-state index >= 15 is 0 Å². The molecular weight excluding hydrogens is 346 g/mol. The first-order chi connectivity index (χ1) is 13.0. The van der Waals surface area contributed by atoms with Gasteiger partial charge in [0.25, 0.3) is 0 Å². The number of rotatable bonds is 4. The van der Waals surface area contributed by atoms with Crippen LogP contribution in [-0.4, -0.2) is 22.8 Å². The second-order valence-electron chi connectivity index (χ2n) is 6.15. The highest BCUT2D eigenvalue weighted by Crippen LogP contribution is 2.20. The molecule has 0 aliphatic heterocycles. The van der Waals surface area contributed by atoms with E-state index in [-0.39, 0.29) is 11.3 Å². The number of H-pyrrole nitrogens is 1. The number of benzene rings is 2. The van der Waals surface area contributed by atoms with Crippen LogP contribution >= 0.6 is 0 Å². The van der Waals surface area contributed by atoms with Crippen molar-refractivity contribution in [3.63, 3.8) is 0 Å². The SMILES string of the molecule is C[C@H](OC(=O)c1cc2ccccc2oc1=O)C(=O)c1c[nH]c2ccccc12. The van der Waals surface area contributed by atoms with E-state index in [9.17, 15) is 14.4 Å². The molecule has 0 aliphatic carbocycles. The first-order valence-corrected chi connectivity index (χ1v) is 8.39. The van der Waals surface area contributed by atoms with Crippen molar-refractivity contribution in [3.8, 4) is 0 Å². The van der Waals surface area contributed by atoms with Crippen LogP contribution in [-0.2, 0) is 4.74 Å². The Morgan fingerprint density at radius 3 is 2.63 bits per heavy atom. The van der Waals surface area contributed by atoms with Crippen molar-refractivity contribution in [2.45, 2.75) is 13.0 Å². The van der Waals surface area contributed by atoms with Crippen LogP contribution < -0.4 is 5.63 Å². The van der Waals surface area contributed by atoms with E-state index in [1.807, 2.05) is 24.3 Å². The molecule has 0 bridgehead atoms. The normalized spacial score (nSPS) is 12.2. The molecule has 0 amide bonds. The molecule has 0 saturated carbocycles. The zero-order chi connectivity index (χ0) is 19.0. The summed E-state index contributed by atoms with van der Waals surface area (Å²) in [7, 11) is 0. The highest BCUT2D eigenvalue weighted by atomic mass is 16.5. The van der Waals surface area contributed by atoms with Crippen molar-refractivity contribution in [2.75, 3.05) is 0 Å². The third-order valence-corrected chi connectivity index (χ3v) is 4.37. The standard InChI is InChI=1S/C21H15NO5/c1-12(19(23)16-11-22-17-8-4-3-7-14(16)17)26-20(24)15-10-13-6-2-5-9-18(13)27-21(15)25/h2-12,22H,1H3/t12-/m0/s1. The van der Waals surface area contributed by atoms with Gasteiger partial charge >= 0.3 is 11.6 Å². The monoisotopic (exact) mass is 361 g/mol. The quantitative estimate of drug-likeness (QED) is 0.340. The lowest BCUT2D eigenvalue weighted by Gasteiger charge is -2.11. The second kappa shape index (κ2) is 6.57. The molecule has 0 spiro atoms. The summed E-state index contributed by atoms with van der Waals surface area (Å²) >= 11 is 0. The molecule has 6 nitrogen and oxygen atoms in total. The number of nitrogens with one attached hydrogen (secondary N) is 1. The second-order valence-corrected chi connectivity index (χ2v) is 6.15. The third-order valence-electron chi connectivity index (χ3n) is 4.37. The Labute approximate surface area is 153 Å². The number of Topliss-reactive ketones (excluding diaryl/α,β-unsaturated/α-hetero) is 1. The van der Waals surface area contributed by atoms with Gasteiger partial charge in [0.2, 0.25) is 5.78 Å². The molecule has 0 unspecified atom stereocenters. The van der Waals surface area contributed by atoms with Gasteiger partial charge in [-0.2, -0.15) is 0 Å². The van der Waals surface area contributed by atoms with Crippen LogP contribution in [0.3, 0.4) is 0 Å². The predicted octanol–water partition coefficient (Wildman–Crippen LogP) is 3.70. The number of aromatic nitrogens is 1. The molecule has 27 heavy (non-hydrogen) atoms. The Hall–Kier alpha value is -3.67. The van der Waals surface area contributed by atoms with Gasteiger partial charge in [-0.1, -0.05) is 36.4 Å². The summed E-state index contributed by atoms with van der Waals surface area (Å²) in [4.78, 5) is 40.2. The number of hydrogen-bond acceptors (Lipinski definition) is 5. The third kappa shape index (κ3) is 3.01. The zero-order valence-corrected chi connectivity index (χ0v) is 14.4. The first-order valence-electron chi connectivity index (χ1n) is 8.39. The fourth-order valence-electron chi connectivity index (χ4n) is 2.98. The van der Waals surface area contributed by atoms with Crippen LogP contribution in [0.15, 0.2) is 70.0 Å². The summed E-state index contributed by atoms with van der Waals surface area (Å²) in [5.41, 5.74) is 0.575. The Morgan fingerprint density at radius 2 is 1.78 bits per heavy atom. The maximum absolute atomic E-state index is 12.7. The van der Waals surface area contributed by atoms with E-state index < -0.39 is 17.7 Å². The lowest BCUT2D eigenvalue weighted by molar-refractivity contribution is 0.0315. The summed E-state index contributed by atoms with van der Waals surface area (Å²) in [5, 5.41) is 1.34. The van der Waals surface area contributed by atoms with Crippen LogP contribution in [0, 0.1) is 0 Å². The van der Waals surface area contributed by atoms with E-state index in [0.29, 0.717) is 16.5 Å². The molecule has 0 fully saturated rings. The number of para-hydroxylation sites is 2. The van der Waals surface area contributed by atoms with Gasteiger partial charge < -0.3 is 14.1 Å². The van der Waals surface area contributed by atoms with Gasteiger partial charge in [-0.3, -0.25) is 4.79 Å². The lowest BCUT2D eigenvalue weighted by Crippen LogP contribution is -2.26. The first kappa shape index (κ1) is 16.8.